The van der Waals surface area contributed by atoms with Gasteiger partial charge >= 0.3 is 6.18 Å². The van der Waals surface area contributed by atoms with Crippen LogP contribution < -0.4 is 16.0 Å². The summed E-state index contributed by atoms with van der Waals surface area (Å²) in [6, 6.07) is 7.57. The summed E-state index contributed by atoms with van der Waals surface area (Å²) in [5.41, 5.74) is 0.519. The summed E-state index contributed by atoms with van der Waals surface area (Å²) < 4.78 is 43.6. The van der Waals surface area contributed by atoms with Gasteiger partial charge in [-0.15, -0.1) is 0 Å². The lowest BCUT2D eigenvalue weighted by atomic mass is 9.93. The monoisotopic (exact) mass is 430 g/mol. The van der Waals surface area contributed by atoms with Crippen molar-refractivity contribution in [3.05, 3.63) is 42.4 Å². The molecule has 3 N–H and O–H groups in total. The minimum absolute atomic E-state index is 0.0953. The minimum Gasteiger partial charge on any atom is -0.382 e. The SMILES string of the molecule is FC(F)(F)c1c(-c2cccc(NC3CCC3)c2)nc(N[C@H]2CCCNC2)c2nccn12. The van der Waals surface area contributed by atoms with Crippen molar-refractivity contribution >= 4 is 17.2 Å². The second-order valence-electron chi connectivity index (χ2n) is 8.32. The number of hydrogen-bond acceptors (Lipinski definition) is 5. The molecule has 9 heteroatoms. The second kappa shape index (κ2) is 8.03. The molecule has 164 valence electrons. The molecule has 1 atom stereocenters. The number of hydrogen-bond donors (Lipinski definition) is 3. The molecular weight excluding hydrogens is 405 g/mol. The third-order valence-electron chi connectivity index (χ3n) is 6.06. The summed E-state index contributed by atoms with van der Waals surface area (Å²) in [6.07, 6.45) is 3.44. The number of benzene rings is 1. The van der Waals surface area contributed by atoms with Crippen molar-refractivity contribution in [1.29, 1.82) is 0 Å². The van der Waals surface area contributed by atoms with Crippen molar-refractivity contribution in [1.82, 2.24) is 19.7 Å². The van der Waals surface area contributed by atoms with E-state index in [-0.39, 0.29) is 17.4 Å². The van der Waals surface area contributed by atoms with E-state index in [1.165, 1.54) is 18.8 Å². The van der Waals surface area contributed by atoms with E-state index in [0.717, 1.165) is 48.9 Å². The van der Waals surface area contributed by atoms with Crippen LogP contribution in [0.15, 0.2) is 36.7 Å². The fourth-order valence-corrected chi connectivity index (χ4v) is 4.27. The van der Waals surface area contributed by atoms with Gasteiger partial charge in [-0.25, -0.2) is 9.97 Å². The van der Waals surface area contributed by atoms with E-state index in [1.54, 1.807) is 18.2 Å². The van der Waals surface area contributed by atoms with E-state index < -0.39 is 11.9 Å². The van der Waals surface area contributed by atoms with Gasteiger partial charge in [0, 0.05) is 42.3 Å². The highest BCUT2D eigenvalue weighted by atomic mass is 19.4. The minimum atomic E-state index is -4.58. The first kappa shape index (κ1) is 20.1. The zero-order chi connectivity index (χ0) is 21.4. The van der Waals surface area contributed by atoms with Crippen LogP contribution in [-0.4, -0.2) is 39.5 Å². The van der Waals surface area contributed by atoms with Gasteiger partial charge in [-0.3, -0.25) is 4.40 Å². The van der Waals surface area contributed by atoms with E-state index in [0.29, 0.717) is 17.4 Å². The van der Waals surface area contributed by atoms with Crippen molar-refractivity contribution in [3.63, 3.8) is 0 Å². The fourth-order valence-electron chi connectivity index (χ4n) is 4.27. The van der Waals surface area contributed by atoms with E-state index in [2.05, 4.69) is 25.9 Å². The average molecular weight is 430 g/mol. The molecule has 6 nitrogen and oxygen atoms in total. The van der Waals surface area contributed by atoms with Crippen molar-refractivity contribution in [2.24, 2.45) is 0 Å². The van der Waals surface area contributed by atoms with Crippen LogP contribution in [-0.2, 0) is 6.18 Å². The lowest BCUT2D eigenvalue weighted by Gasteiger charge is -2.28. The smallest absolute Gasteiger partial charge is 0.382 e. The predicted molar refractivity (Wildman–Crippen MR) is 114 cm³/mol. The average Bonchev–Trinajstić information content (AvgIpc) is 3.20. The van der Waals surface area contributed by atoms with E-state index in [4.69, 9.17) is 0 Å². The molecule has 2 aliphatic rings. The largest absolute Gasteiger partial charge is 0.433 e. The van der Waals surface area contributed by atoms with Crippen molar-refractivity contribution in [2.45, 2.75) is 50.4 Å². The maximum Gasteiger partial charge on any atom is 0.433 e. The summed E-state index contributed by atoms with van der Waals surface area (Å²) in [5.74, 6) is 0.374. The van der Waals surface area contributed by atoms with Gasteiger partial charge in [-0.1, -0.05) is 12.1 Å². The standard InChI is InChI=1S/C22H25F3N6/c23-22(24,25)19-18(14-4-1-7-16(12-14)28-15-5-2-6-15)30-20(21-27-10-11-31(19)21)29-17-8-3-9-26-13-17/h1,4,7,10-12,15,17,26,28H,2-3,5-6,8-9,13H2,(H,29,30)/t17-/m0/s1. The number of rotatable bonds is 5. The molecular formula is C22H25F3N6. The van der Waals surface area contributed by atoms with Crippen LogP contribution in [0, 0.1) is 0 Å². The zero-order valence-electron chi connectivity index (χ0n) is 17.0. The topological polar surface area (TPSA) is 66.3 Å². The van der Waals surface area contributed by atoms with Crippen LogP contribution in [0.2, 0.25) is 0 Å². The number of nitrogens with one attached hydrogen (secondary N) is 3. The third-order valence-corrected chi connectivity index (χ3v) is 6.06. The molecule has 0 radical (unpaired) electrons. The fraction of sp³-hybridized carbons (Fsp3) is 0.455. The van der Waals surface area contributed by atoms with Crippen LogP contribution in [0.25, 0.3) is 16.9 Å². The number of halogens is 3. The van der Waals surface area contributed by atoms with Gasteiger partial charge in [0.1, 0.15) is 5.69 Å². The maximum absolute atomic E-state index is 14.2. The van der Waals surface area contributed by atoms with Crippen LogP contribution >= 0.6 is 0 Å². The Hall–Kier alpha value is -2.81. The van der Waals surface area contributed by atoms with Gasteiger partial charge in [0.05, 0.1) is 0 Å². The number of alkyl halides is 3. The second-order valence-corrected chi connectivity index (χ2v) is 8.32. The van der Waals surface area contributed by atoms with E-state index in [9.17, 15) is 13.2 Å². The first-order valence-corrected chi connectivity index (χ1v) is 10.8. The number of imidazole rings is 1. The Balaban J connectivity index is 1.61. The summed E-state index contributed by atoms with van der Waals surface area (Å²) in [6.45, 7) is 1.69. The highest BCUT2D eigenvalue weighted by molar-refractivity contribution is 5.74. The number of piperidine rings is 1. The molecule has 31 heavy (non-hydrogen) atoms. The molecule has 0 spiro atoms. The van der Waals surface area contributed by atoms with Gasteiger partial charge in [-0.05, 0) is 50.8 Å². The quantitative estimate of drug-likeness (QED) is 0.555. The number of anilines is 2. The van der Waals surface area contributed by atoms with Gasteiger partial charge in [0.15, 0.2) is 17.2 Å². The van der Waals surface area contributed by atoms with Crippen LogP contribution in [0.1, 0.15) is 37.8 Å². The molecule has 3 aromatic rings. The third kappa shape index (κ3) is 4.06. The Labute approximate surface area is 178 Å². The van der Waals surface area contributed by atoms with Crippen molar-refractivity contribution in [2.75, 3.05) is 23.7 Å². The summed E-state index contributed by atoms with van der Waals surface area (Å²) in [7, 11) is 0. The highest BCUT2D eigenvalue weighted by Gasteiger charge is 2.39. The van der Waals surface area contributed by atoms with Crippen LogP contribution in [0.3, 0.4) is 0 Å². The van der Waals surface area contributed by atoms with Crippen LogP contribution in [0.4, 0.5) is 24.7 Å². The Morgan fingerprint density at radius 2 is 1.90 bits per heavy atom. The summed E-state index contributed by atoms with van der Waals surface area (Å²) in [5, 5.41) is 10.0. The lowest BCUT2D eigenvalue weighted by molar-refractivity contribution is -0.141. The summed E-state index contributed by atoms with van der Waals surface area (Å²) >= 11 is 0. The van der Waals surface area contributed by atoms with E-state index in [1.807, 2.05) is 6.07 Å². The molecule has 1 saturated carbocycles. The molecule has 5 rings (SSSR count). The molecule has 1 aliphatic carbocycles. The van der Waals surface area contributed by atoms with Gasteiger partial charge in [-0.2, -0.15) is 13.2 Å². The molecule has 0 unspecified atom stereocenters. The number of aromatic nitrogens is 3. The highest BCUT2D eigenvalue weighted by Crippen LogP contribution is 2.39. The van der Waals surface area contributed by atoms with Gasteiger partial charge in [0.25, 0.3) is 0 Å². The zero-order valence-corrected chi connectivity index (χ0v) is 17.0. The molecule has 1 saturated heterocycles. The molecule has 1 aliphatic heterocycles. The molecule has 0 bridgehead atoms. The normalized spacial score (nSPS) is 19.9. The Kier molecular flexibility index (Phi) is 5.21. The first-order chi connectivity index (χ1) is 15.0. The van der Waals surface area contributed by atoms with E-state index >= 15 is 0 Å². The van der Waals surface area contributed by atoms with Crippen LogP contribution in [0.5, 0.6) is 0 Å². The molecule has 1 aromatic carbocycles. The molecule has 3 heterocycles. The van der Waals surface area contributed by atoms with Crippen molar-refractivity contribution in [3.8, 4) is 11.3 Å². The van der Waals surface area contributed by atoms with Gasteiger partial charge in [0.2, 0.25) is 0 Å². The molecule has 2 aromatic heterocycles. The summed E-state index contributed by atoms with van der Waals surface area (Å²) in [4.78, 5) is 8.66. The number of fused-ring (bicyclic) bond motifs is 1. The Morgan fingerprint density at radius 1 is 1.06 bits per heavy atom. The Bertz CT molecular complexity index is 1070. The lowest BCUT2D eigenvalue weighted by Crippen LogP contribution is -2.38. The molecule has 0 amide bonds. The molecule has 2 fully saturated rings. The first-order valence-electron chi connectivity index (χ1n) is 10.8. The van der Waals surface area contributed by atoms with Crippen molar-refractivity contribution < 1.29 is 13.2 Å². The predicted octanol–water partition coefficient (Wildman–Crippen LogP) is 4.54. The maximum atomic E-state index is 14.2. The number of nitrogens with zero attached hydrogens (tertiary/aromatic N) is 3. The van der Waals surface area contributed by atoms with Gasteiger partial charge < -0.3 is 16.0 Å². The Morgan fingerprint density at radius 3 is 2.61 bits per heavy atom.